The van der Waals surface area contributed by atoms with Crippen LogP contribution >= 0.6 is 0 Å². The first-order valence-electron chi connectivity index (χ1n) is 6.01. The molecule has 1 N–H and O–H groups in total. The molecule has 2 nitrogen and oxygen atoms in total. The maximum atomic E-state index is 10.4. The van der Waals surface area contributed by atoms with Gasteiger partial charge >= 0.3 is 52.7 Å². The maximum absolute atomic E-state index is 10.4. The van der Waals surface area contributed by atoms with Gasteiger partial charge in [0, 0.05) is 0 Å². The number of hydrogen-bond donors (Lipinski definition) is 1. The van der Waals surface area contributed by atoms with Gasteiger partial charge in [0.1, 0.15) is 0 Å². The van der Waals surface area contributed by atoms with Gasteiger partial charge in [0.15, 0.2) is 0 Å². The second-order valence-corrected chi connectivity index (χ2v) is 5.12. The Morgan fingerprint density at radius 2 is 1.73 bits per heavy atom. The molecule has 1 atom stereocenters. The predicted molar refractivity (Wildman–Crippen MR) is 66.4 cm³/mol. The summed E-state index contributed by atoms with van der Waals surface area (Å²) in [5, 5.41) is 8.60. The second-order valence-electron chi connectivity index (χ2n) is 3.69. The Morgan fingerprint density at radius 3 is 1.93 bits per heavy atom. The molecule has 0 saturated carbocycles. The van der Waals surface area contributed by atoms with Gasteiger partial charge in [-0.15, -0.1) is 0 Å². The predicted octanol–water partition coefficient (Wildman–Crippen LogP) is 3.66. The van der Waals surface area contributed by atoms with Crippen molar-refractivity contribution in [2.24, 2.45) is 5.92 Å². The van der Waals surface area contributed by atoms with Gasteiger partial charge in [-0.25, -0.2) is 0 Å². The third-order valence-corrected chi connectivity index (χ3v) is 3.29. The van der Waals surface area contributed by atoms with Crippen LogP contribution in [0.1, 0.15) is 59.3 Å². The molecular weight excluding hydrogens is 295 g/mol. The molecule has 0 heterocycles. The summed E-state index contributed by atoms with van der Waals surface area (Å²) < 4.78 is 1.43. The number of hydrogen-bond acceptors (Lipinski definition) is 1. The van der Waals surface area contributed by atoms with E-state index in [1.807, 2.05) is 6.92 Å². The van der Waals surface area contributed by atoms with Gasteiger partial charge in [0.05, 0.1) is 5.92 Å². The number of rotatable bonds is 7. The molecule has 0 bridgehead atoms. The third kappa shape index (κ3) is 14.3. The Hall–Kier alpha value is 0.269. The molecule has 0 saturated heterocycles. The monoisotopic (exact) mass is 321 g/mol. The first-order valence-corrected chi connectivity index (χ1v) is 8.03. The van der Waals surface area contributed by atoms with Gasteiger partial charge in [0.2, 0.25) is 0 Å². The number of unbranched alkanes of at least 4 members (excludes halogenated alkanes) is 2. The van der Waals surface area contributed by atoms with E-state index in [1.165, 1.54) is 17.3 Å². The summed E-state index contributed by atoms with van der Waals surface area (Å²) in [5.41, 5.74) is 0. The van der Waals surface area contributed by atoms with Crippen LogP contribution in [-0.4, -0.2) is 33.6 Å². The summed E-state index contributed by atoms with van der Waals surface area (Å²) in [5.74, 6) is -0.754. The van der Waals surface area contributed by atoms with Gasteiger partial charge in [-0.3, -0.25) is 4.79 Å². The summed E-state index contributed by atoms with van der Waals surface area (Å²) in [7, 11) is 0. The summed E-state index contributed by atoms with van der Waals surface area (Å²) in [6.07, 6.45) is 6.51. The van der Waals surface area contributed by atoms with Crippen LogP contribution in [0.2, 0.25) is 4.44 Å². The molecule has 0 spiro atoms. The average Bonchev–Trinajstić information content (AvgIpc) is 2.20. The summed E-state index contributed by atoms with van der Waals surface area (Å²) >= 11 is 1.68. The molecule has 0 rings (SSSR count). The van der Waals surface area contributed by atoms with E-state index in [0.29, 0.717) is 0 Å². The average molecular weight is 320 g/mol. The van der Waals surface area contributed by atoms with Gasteiger partial charge in [-0.1, -0.05) is 26.7 Å². The second kappa shape index (κ2) is 14.3. The summed E-state index contributed by atoms with van der Waals surface area (Å²) in [6, 6.07) is 0. The van der Waals surface area contributed by atoms with E-state index >= 15 is 0 Å². The van der Waals surface area contributed by atoms with Gasteiger partial charge in [-0.05, 0) is 12.8 Å². The number of aliphatic carboxylic acids is 1. The van der Waals surface area contributed by atoms with E-state index in [0.717, 1.165) is 25.7 Å². The van der Waals surface area contributed by atoms with Crippen molar-refractivity contribution < 1.29 is 9.90 Å². The van der Waals surface area contributed by atoms with Crippen molar-refractivity contribution in [2.45, 2.75) is 63.7 Å². The van der Waals surface area contributed by atoms with Crippen molar-refractivity contribution >= 4 is 28.5 Å². The normalized spacial score (nSPS) is 11.5. The van der Waals surface area contributed by atoms with E-state index in [9.17, 15) is 4.79 Å². The number of carbonyl (C=O) groups is 1. The minimum atomic E-state index is -0.643. The Labute approximate surface area is 108 Å². The van der Waals surface area contributed by atoms with Gasteiger partial charge in [-0.2, -0.15) is 0 Å². The van der Waals surface area contributed by atoms with Crippen molar-refractivity contribution in [3.63, 3.8) is 0 Å². The van der Waals surface area contributed by atoms with Crippen molar-refractivity contribution in [3.8, 4) is 0 Å². The molecule has 15 heavy (non-hydrogen) atoms. The molecule has 3 heteroatoms. The topological polar surface area (TPSA) is 37.3 Å². The van der Waals surface area contributed by atoms with Crippen molar-refractivity contribution in [1.82, 2.24) is 0 Å². The standard InChI is InChI=1S/C8H16O2.C4H9.Sn/c1-3-5-6-7(4-2)8(9)10;1-3-4-2;/h7H,3-6H2,1-2H3,(H,9,10);1,3-4H2,2H3;. The SMILES string of the molecule is CCCCC(CC)C(=O)O.CCC[CH2][Sn]. The molecule has 0 aliphatic rings. The number of carboxylic acid groups (broad SMARTS) is 1. The van der Waals surface area contributed by atoms with E-state index < -0.39 is 5.97 Å². The van der Waals surface area contributed by atoms with Crippen LogP contribution in [0.5, 0.6) is 0 Å². The molecule has 0 aromatic carbocycles. The van der Waals surface area contributed by atoms with Gasteiger partial charge in [0.25, 0.3) is 0 Å². The van der Waals surface area contributed by atoms with E-state index in [-0.39, 0.29) is 5.92 Å². The van der Waals surface area contributed by atoms with Crippen LogP contribution in [0.25, 0.3) is 0 Å². The van der Waals surface area contributed by atoms with Crippen molar-refractivity contribution in [3.05, 3.63) is 0 Å². The van der Waals surface area contributed by atoms with Crippen LogP contribution in [0, 0.1) is 5.92 Å². The van der Waals surface area contributed by atoms with Crippen LogP contribution in [-0.2, 0) is 4.79 Å². The molecule has 0 fully saturated rings. The zero-order valence-electron chi connectivity index (χ0n) is 10.4. The minimum absolute atomic E-state index is 0.111. The fourth-order valence-corrected chi connectivity index (χ4v) is 2.14. The molecule has 0 aromatic heterocycles. The Morgan fingerprint density at radius 1 is 1.20 bits per heavy atom. The Bertz CT molecular complexity index is 136. The van der Waals surface area contributed by atoms with Crippen LogP contribution in [0.15, 0.2) is 0 Å². The van der Waals surface area contributed by atoms with Crippen LogP contribution in [0.3, 0.4) is 0 Å². The molecule has 89 valence electrons. The molecule has 0 aromatic rings. The van der Waals surface area contributed by atoms with E-state index in [1.54, 1.807) is 22.5 Å². The van der Waals surface area contributed by atoms with Crippen LogP contribution in [0.4, 0.5) is 0 Å². The fraction of sp³-hybridized carbons (Fsp3) is 0.917. The third-order valence-electron chi connectivity index (χ3n) is 2.28. The molecule has 0 aliphatic carbocycles. The van der Waals surface area contributed by atoms with Crippen molar-refractivity contribution in [1.29, 1.82) is 0 Å². The zero-order valence-corrected chi connectivity index (χ0v) is 13.2. The fourth-order valence-electron chi connectivity index (χ4n) is 1.13. The Kier molecular flexibility index (Phi) is 16.8. The van der Waals surface area contributed by atoms with Crippen LogP contribution < -0.4 is 0 Å². The van der Waals surface area contributed by atoms with E-state index in [2.05, 4.69) is 13.8 Å². The quantitative estimate of drug-likeness (QED) is 0.727. The van der Waals surface area contributed by atoms with E-state index in [4.69, 9.17) is 5.11 Å². The first kappa shape index (κ1) is 17.7. The molecule has 3 radical (unpaired) electrons. The zero-order chi connectivity index (χ0) is 12.1. The summed E-state index contributed by atoms with van der Waals surface area (Å²) in [6.45, 7) is 6.23. The first-order chi connectivity index (χ1) is 7.13. The molecule has 1 unspecified atom stereocenters. The van der Waals surface area contributed by atoms with Gasteiger partial charge < -0.3 is 5.11 Å². The molecule has 0 aliphatic heterocycles. The summed E-state index contributed by atoms with van der Waals surface area (Å²) in [4.78, 5) is 10.4. The molecular formula is C12H25O2Sn. The van der Waals surface area contributed by atoms with Crippen molar-refractivity contribution in [2.75, 3.05) is 0 Å². The number of carboxylic acids is 1. The Balaban J connectivity index is 0. The molecule has 0 amide bonds.